The highest BCUT2D eigenvalue weighted by atomic mass is 19.4. The number of halogens is 4. The van der Waals surface area contributed by atoms with Gasteiger partial charge in [0.25, 0.3) is 0 Å². The van der Waals surface area contributed by atoms with Crippen LogP contribution in [-0.4, -0.2) is 23.1 Å². The van der Waals surface area contributed by atoms with Crippen molar-refractivity contribution in [3.8, 4) is 5.88 Å². The first kappa shape index (κ1) is 17.2. The summed E-state index contributed by atoms with van der Waals surface area (Å²) in [7, 11) is 1.83. The number of anilines is 1. The first-order valence-corrected chi connectivity index (χ1v) is 7.57. The van der Waals surface area contributed by atoms with Crippen LogP contribution in [0.25, 0.3) is 0 Å². The third-order valence-corrected chi connectivity index (χ3v) is 3.96. The minimum absolute atomic E-state index is 0.0466. The van der Waals surface area contributed by atoms with Gasteiger partial charge < -0.3 is 9.64 Å². The highest BCUT2D eigenvalue weighted by Gasteiger charge is 2.33. The van der Waals surface area contributed by atoms with Crippen LogP contribution >= 0.6 is 0 Å². The third-order valence-electron chi connectivity index (χ3n) is 3.96. The Labute approximate surface area is 140 Å². The molecule has 2 heterocycles. The summed E-state index contributed by atoms with van der Waals surface area (Å²) in [5, 5.41) is 0. The number of aromatic nitrogens is 2. The molecule has 0 fully saturated rings. The predicted molar refractivity (Wildman–Crippen MR) is 82.1 cm³/mol. The highest BCUT2D eigenvalue weighted by molar-refractivity contribution is 5.42. The van der Waals surface area contributed by atoms with Crippen LogP contribution in [0.15, 0.2) is 29.1 Å². The van der Waals surface area contributed by atoms with Gasteiger partial charge in [-0.2, -0.15) is 18.2 Å². The van der Waals surface area contributed by atoms with Crippen LogP contribution in [-0.2, 0) is 19.3 Å². The Balaban J connectivity index is 1.78. The number of hydrogen-bond donors (Lipinski definition) is 0. The summed E-state index contributed by atoms with van der Waals surface area (Å²) in [6.45, 7) is 1.15. The second-order valence-electron chi connectivity index (χ2n) is 5.76. The number of rotatable bonds is 3. The Hall–Kier alpha value is -2.58. The average Bonchev–Trinajstić information content (AvgIpc) is 2.53. The molecule has 1 aromatic heterocycles. The molecule has 0 N–H and O–H groups in total. The van der Waals surface area contributed by atoms with Crippen molar-refractivity contribution >= 4 is 5.82 Å². The number of ether oxygens (including phenoxy) is 1. The van der Waals surface area contributed by atoms with Gasteiger partial charge in [0.05, 0.1) is 5.56 Å². The quantitative estimate of drug-likeness (QED) is 0.793. The molecule has 0 bridgehead atoms. The molecule has 5 nitrogen and oxygen atoms in total. The molecule has 1 aromatic carbocycles. The molecule has 3 rings (SSSR count). The third kappa shape index (κ3) is 3.59. The van der Waals surface area contributed by atoms with E-state index in [1.807, 2.05) is 11.9 Å². The zero-order chi connectivity index (χ0) is 18.2. The van der Waals surface area contributed by atoms with Crippen molar-refractivity contribution in [2.75, 3.05) is 18.5 Å². The summed E-state index contributed by atoms with van der Waals surface area (Å²) in [5.41, 5.74) is -1.58. The van der Waals surface area contributed by atoms with Crippen LogP contribution in [0.2, 0.25) is 0 Å². The monoisotopic (exact) mass is 357 g/mol. The maximum absolute atomic E-state index is 13.6. The fourth-order valence-electron chi connectivity index (χ4n) is 2.69. The molecular formula is C16H15F4N3O2. The molecule has 25 heavy (non-hydrogen) atoms. The second kappa shape index (κ2) is 6.38. The maximum atomic E-state index is 13.6. The normalized spacial score (nSPS) is 14.4. The Morgan fingerprint density at radius 2 is 2.00 bits per heavy atom. The van der Waals surface area contributed by atoms with Crippen LogP contribution in [0, 0.1) is 5.82 Å². The van der Waals surface area contributed by atoms with Crippen molar-refractivity contribution < 1.29 is 22.3 Å². The minimum atomic E-state index is -4.75. The molecule has 0 aliphatic carbocycles. The number of alkyl halides is 3. The molecule has 0 unspecified atom stereocenters. The first-order valence-electron chi connectivity index (χ1n) is 7.57. The molecule has 0 saturated heterocycles. The smallest absolute Gasteiger partial charge is 0.419 e. The molecular weight excluding hydrogens is 342 g/mol. The van der Waals surface area contributed by atoms with Gasteiger partial charge in [0, 0.05) is 26.2 Å². The largest absolute Gasteiger partial charge is 0.473 e. The molecule has 0 atom stereocenters. The van der Waals surface area contributed by atoms with E-state index in [1.165, 1.54) is 4.57 Å². The van der Waals surface area contributed by atoms with Gasteiger partial charge in [0.2, 0.25) is 5.88 Å². The summed E-state index contributed by atoms with van der Waals surface area (Å²) >= 11 is 0. The number of fused-ring (bicyclic) bond motifs is 1. The lowest BCUT2D eigenvalue weighted by Crippen LogP contribution is -2.36. The Kier molecular flexibility index (Phi) is 4.40. The van der Waals surface area contributed by atoms with Crippen LogP contribution < -0.4 is 15.3 Å². The molecule has 0 spiro atoms. The average molecular weight is 357 g/mol. The van der Waals surface area contributed by atoms with E-state index >= 15 is 0 Å². The standard InChI is InChI=1S/C16H15F4N3O2/c1-22-5-2-6-23-14(22)8-13(21-15(23)24)25-9-10-3-4-11(12(17)7-10)16(18,19)20/h3-4,7-8H,2,5-6,9H2,1H3. The van der Waals surface area contributed by atoms with Gasteiger partial charge in [0.15, 0.2) is 0 Å². The number of hydrogen-bond acceptors (Lipinski definition) is 4. The topological polar surface area (TPSA) is 47.4 Å². The van der Waals surface area contributed by atoms with Crippen LogP contribution in [0.3, 0.4) is 0 Å². The second-order valence-corrected chi connectivity index (χ2v) is 5.76. The lowest BCUT2D eigenvalue weighted by atomic mass is 10.1. The molecule has 1 aliphatic heterocycles. The Bertz CT molecular complexity index is 848. The van der Waals surface area contributed by atoms with E-state index in [2.05, 4.69) is 4.98 Å². The fourth-order valence-corrected chi connectivity index (χ4v) is 2.69. The molecule has 0 saturated carbocycles. The molecule has 0 amide bonds. The number of nitrogens with zero attached hydrogens (tertiary/aromatic N) is 3. The van der Waals surface area contributed by atoms with E-state index in [1.54, 1.807) is 6.07 Å². The van der Waals surface area contributed by atoms with E-state index < -0.39 is 23.2 Å². The summed E-state index contributed by atoms with van der Waals surface area (Å²) < 4.78 is 58.1. The highest BCUT2D eigenvalue weighted by Crippen LogP contribution is 2.31. The summed E-state index contributed by atoms with van der Waals surface area (Å²) in [4.78, 5) is 17.7. The van der Waals surface area contributed by atoms with Gasteiger partial charge in [-0.1, -0.05) is 6.07 Å². The van der Waals surface area contributed by atoms with Gasteiger partial charge >= 0.3 is 11.9 Å². The molecule has 1 aliphatic rings. The van der Waals surface area contributed by atoms with Crippen molar-refractivity contribution in [2.24, 2.45) is 0 Å². The van der Waals surface area contributed by atoms with E-state index in [4.69, 9.17) is 4.74 Å². The van der Waals surface area contributed by atoms with Gasteiger partial charge in [-0.05, 0) is 24.1 Å². The maximum Gasteiger partial charge on any atom is 0.419 e. The van der Waals surface area contributed by atoms with Crippen LogP contribution in [0.5, 0.6) is 5.88 Å². The van der Waals surface area contributed by atoms with Crippen molar-refractivity contribution in [1.29, 1.82) is 0 Å². The van der Waals surface area contributed by atoms with Gasteiger partial charge in [-0.3, -0.25) is 4.57 Å². The zero-order valence-electron chi connectivity index (χ0n) is 13.3. The van der Waals surface area contributed by atoms with E-state index in [9.17, 15) is 22.4 Å². The Morgan fingerprint density at radius 1 is 1.24 bits per heavy atom. The number of benzene rings is 1. The Morgan fingerprint density at radius 3 is 2.68 bits per heavy atom. The predicted octanol–water partition coefficient (Wildman–Crippen LogP) is 2.82. The van der Waals surface area contributed by atoms with E-state index in [0.717, 1.165) is 25.1 Å². The lowest BCUT2D eigenvalue weighted by Gasteiger charge is -2.28. The zero-order valence-corrected chi connectivity index (χ0v) is 13.3. The summed E-state index contributed by atoms with van der Waals surface area (Å²) in [6.07, 6.45) is -3.92. The van der Waals surface area contributed by atoms with Gasteiger partial charge in [-0.25, -0.2) is 9.18 Å². The molecule has 0 radical (unpaired) electrons. The van der Waals surface area contributed by atoms with Crippen molar-refractivity contribution in [3.05, 3.63) is 51.7 Å². The van der Waals surface area contributed by atoms with Crippen molar-refractivity contribution in [1.82, 2.24) is 9.55 Å². The van der Waals surface area contributed by atoms with Crippen LogP contribution in [0.4, 0.5) is 23.4 Å². The summed E-state index contributed by atoms with van der Waals surface area (Å²) in [6, 6.07) is 4.14. The van der Waals surface area contributed by atoms with Gasteiger partial charge in [0.1, 0.15) is 18.2 Å². The summed E-state index contributed by atoms with van der Waals surface area (Å²) in [5.74, 6) is -0.669. The van der Waals surface area contributed by atoms with Crippen molar-refractivity contribution in [2.45, 2.75) is 25.7 Å². The van der Waals surface area contributed by atoms with Gasteiger partial charge in [-0.15, -0.1) is 0 Å². The minimum Gasteiger partial charge on any atom is -0.473 e. The van der Waals surface area contributed by atoms with Crippen LogP contribution in [0.1, 0.15) is 17.5 Å². The van der Waals surface area contributed by atoms with Crippen molar-refractivity contribution in [3.63, 3.8) is 0 Å². The molecule has 9 heteroatoms. The van der Waals surface area contributed by atoms with E-state index in [0.29, 0.717) is 18.4 Å². The molecule has 134 valence electrons. The first-order chi connectivity index (χ1) is 11.8. The SMILES string of the molecule is CN1CCCn2c1cc(OCc1ccc(C(F)(F)F)c(F)c1)nc2=O. The van der Waals surface area contributed by atoms with E-state index in [-0.39, 0.29) is 18.1 Å². The fraction of sp³-hybridized carbons (Fsp3) is 0.375. The lowest BCUT2D eigenvalue weighted by molar-refractivity contribution is -0.140. The molecule has 2 aromatic rings.